The Balaban J connectivity index is 0.000000850. The summed E-state index contributed by atoms with van der Waals surface area (Å²) in [5, 5.41) is 8.97. The van der Waals surface area contributed by atoms with Gasteiger partial charge < -0.3 is 29.9 Å². The van der Waals surface area contributed by atoms with Crippen molar-refractivity contribution in [3.63, 3.8) is 0 Å². The largest absolute Gasteiger partial charge is 0.466 e. The third-order valence-corrected chi connectivity index (χ3v) is 5.91. The molecule has 0 unspecified atom stereocenters. The van der Waals surface area contributed by atoms with Crippen molar-refractivity contribution in [2.45, 2.75) is 38.1 Å². The van der Waals surface area contributed by atoms with E-state index in [-0.39, 0.29) is 49.4 Å². The highest BCUT2D eigenvalue weighted by Gasteiger charge is 2.40. The Hall–Kier alpha value is -3.74. The van der Waals surface area contributed by atoms with Crippen molar-refractivity contribution in [2.24, 2.45) is 5.73 Å². The maximum absolute atomic E-state index is 13.9. The number of rotatable bonds is 5. The van der Waals surface area contributed by atoms with E-state index in [1.165, 1.54) is 29.2 Å². The predicted octanol–water partition coefficient (Wildman–Crippen LogP) is 3.23. The van der Waals surface area contributed by atoms with E-state index >= 15 is 0 Å². The molecule has 0 bridgehead atoms. The first-order valence-electron chi connectivity index (χ1n) is 11.6. The predicted molar refractivity (Wildman–Crippen MR) is 130 cm³/mol. The highest BCUT2D eigenvalue weighted by atomic mass is 31.2. The number of phosphoric acid groups is 1. The third kappa shape index (κ3) is 8.38. The Kier molecular flexibility index (Phi) is 9.62. The summed E-state index contributed by atoms with van der Waals surface area (Å²) in [6, 6.07) is 7.94. The molecule has 1 aliphatic rings. The summed E-state index contributed by atoms with van der Waals surface area (Å²) in [6.07, 6.45) is -5.25. The van der Waals surface area contributed by atoms with E-state index in [1.54, 1.807) is 0 Å². The number of hydrogen-bond donors (Lipinski definition) is 4. The molecule has 0 saturated heterocycles. The molecule has 2 aromatic carbocycles. The molecule has 41 heavy (non-hydrogen) atoms. The van der Waals surface area contributed by atoms with Crippen molar-refractivity contribution in [1.29, 1.82) is 5.26 Å². The summed E-state index contributed by atoms with van der Waals surface area (Å²) in [7, 11) is -4.64. The summed E-state index contributed by atoms with van der Waals surface area (Å²) in [5.41, 5.74) is 6.65. The van der Waals surface area contributed by atoms with Crippen molar-refractivity contribution in [2.75, 3.05) is 6.54 Å². The SMILES string of the molecule is N#Cc1ccc(-c2nc(C(F)(F)F)n3c2CN(C(=O)C[C@H](N)Cc2cc(F)c(F)cc2F)CC3)cc1.O=P(O)(O)O. The Morgan fingerprint density at radius 1 is 1.07 bits per heavy atom. The lowest BCUT2D eigenvalue weighted by Crippen LogP contribution is -2.42. The minimum atomic E-state index is -4.72. The first kappa shape index (κ1) is 31.8. The van der Waals surface area contributed by atoms with Crippen LogP contribution in [0.4, 0.5) is 26.3 Å². The van der Waals surface area contributed by atoms with Crippen molar-refractivity contribution in [3.8, 4) is 17.3 Å². The molecule has 0 fully saturated rings. The average Bonchev–Trinajstić information content (AvgIpc) is 3.26. The van der Waals surface area contributed by atoms with E-state index in [9.17, 15) is 31.1 Å². The van der Waals surface area contributed by atoms with Gasteiger partial charge in [-0.15, -0.1) is 0 Å². The number of fused-ring (bicyclic) bond motifs is 1. The zero-order chi connectivity index (χ0) is 30.7. The molecule has 1 aromatic heterocycles. The highest BCUT2D eigenvalue weighted by Crippen LogP contribution is 2.36. The van der Waals surface area contributed by atoms with Crippen LogP contribution in [-0.4, -0.2) is 47.6 Å². The van der Waals surface area contributed by atoms with Crippen LogP contribution in [0.5, 0.6) is 0 Å². The summed E-state index contributed by atoms with van der Waals surface area (Å²) in [5.74, 6) is -5.16. The zero-order valence-electron chi connectivity index (χ0n) is 20.8. The van der Waals surface area contributed by atoms with Crippen LogP contribution >= 0.6 is 7.82 Å². The average molecular weight is 605 g/mol. The van der Waals surface area contributed by atoms with Gasteiger partial charge in [0.25, 0.3) is 0 Å². The van der Waals surface area contributed by atoms with E-state index < -0.39 is 49.2 Å². The lowest BCUT2D eigenvalue weighted by atomic mass is 10.0. The number of benzene rings is 2. The number of alkyl halides is 3. The molecular formula is C24H22F6N5O5P. The normalized spacial score (nSPS) is 14.0. The Morgan fingerprint density at radius 3 is 2.22 bits per heavy atom. The number of hydrogen-bond acceptors (Lipinski definition) is 5. The van der Waals surface area contributed by atoms with Gasteiger partial charge >= 0.3 is 14.0 Å². The maximum atomic E-state index is 13.9. The molecule has 4 rings (SSSR count). The van der Waals surface area contributed by atoms with Crippen LogP contribution in [0.15, 0.2) is 36.4 Å². The van der Waals surface area contributed by atoms with Crippen LogP contribution in [0.2, 0.25) is 0 Å². The van der Waals surface area contributed by atoms with Gasteiger partial charge in [0.1, 0.15) is 5.82 Å². The third-order valence-electron chi connectivity index (χ3n) is 5.91. The summed E-state index contributed by atoms with van der Waals surface area (Å²) < 4.78 is 91.3. The van der Waals surface area contributed by atoms with Crippen molar-refractivity contribution >= 4 is 13.7 Å². The van der Waals surface area contributed by atoms with Crippen LogP contribution in [0.3, 0.4) is 0 Å². The molecule has 0 spiro atoms. The smallest absolute Gasteiger partial charge is 0.335 e. The van der Waals surface area contributed by atoms with E-state index in [2.05, 4.69) is 4.98 Å². The highest BCUT2D eigenvalue weighted by molar-refractivity contribution is 7.45. The molecule has 0 radical (unpaired) electrons. The molecule has 3 aromatic rings. The summed E-state index contributed by atoms with van der Waals surface area (Å²) >= 11 is 0. The van der Waals surface area contributed by atoms with Crippen LogP contribution in [-0.2, 0) is 35.0 Å². The van der Waals surface area contributed by atoms with E-state index in [0.29, 0.717) is 23.3 Å². The molecule has 1 amide bonds. The van der Waals surface area contributed by atoms with Crippen LogP contribution in [0, 0.1) is 28.8 Å². The first-order chi connectivity index (χ1) is 19.0. The number of nitrogens with two attached hydrogens (primary N) is 1. The molecule has 220 valence electrons. The number of halogens is 6. The minimum Gasteiger partial charge on any atom is -0.335 e. The van der Waals surface area contributed by atoms with Gasteiger partial charge in [0, 0.05) is 37.2 Å². The van der Waals surface area contributed by atoms with Crippen molar-refractivity contribution in [1.82, 2.24) is 14.5 Å². The van der Waals surface area contributed by atoms with Crippen LogP contribution in [0.1, 0.15) is 29.1 Å². The quantitative estimate of drug-likeness (QED) is 0.196. The lowest BCUT2D eigenvalue weighted by molar-refractivity contribution is -0.148. The fourth-order valence-corrected chi connectivity index (χ4v) is 4.16. The van der Waals surface area contributed by atoms with Gasteiger partial charge in [-0.3, -0.25) is 4.79 Å². The lowest BCUT2D eigenvalue weighted by Gasteiger charge is -2.30. The molecule has 1 atom stereocenters. The Bertz CT molecular complexity index is 1510. The monoisotopic (exact) mass is 605 g/mol. The van der Waals surface area contributed by atoms with Gasteiger partial charge in [-0.1, -0.05) is 12.1 Å². The summed E-state index contributed by atoms with van der Waals surface area (Å²) in [4.78, 5) is 39.6. The second-order valence-corrected chi connectivity index (χ2v) is 9.95. The molecule has 17 heteroatoms. The molecule has 0 saturated carbocycles. The number of carbonyl (C=O) groups is 1. The van der Waals surface area contributed by atoms with Gasteiger partial charge in [0.15, 0.2) is 11.6 Å². The molecule has 2 heterocycles. The van der Waals surface area contributed by atoms with Crippen molar-refractivity contribution < 1.29 is 50.4 Å². The van der Waals surface area contributed by atoms with E-state index in [1.807, 2.05) is 6.07 Å². The minimum absolute atomic E-state index is 0.0374. The number of carbonyl (C=O) groups excluding carboxylic acids is 1. The zero-order valence-corrected chi connectivity index (χ0v) is 21.7. The van der Waals surface area contributed by atoms with Gasteiger partial charge in [-0.25, -0.2) is 22.7 Å². The summed E-state index contributed by atoms with van der Waals surface area (Å²) in [6.45, 7) is -0.375. The van der Waals surface area contributed by atoms with Gasteiger partial charge in [0.2, 0.25) is 11.7 Å². The molecule has 10 nitrogen and oxygen atoms in total. The molecule has 0 aliphatic carbocycles. The maximum Gasteiger partial charge on any atom is 0.466 e. The number of aromatic nitrogens is 2. The topological polar surface area (TPSA) is 166 Å². The number of nitriles is 1. The molecule has 5 N–H and O–H groups in total. The second kappa shape index (κ2) is 12.4. The number of amides is 1. The number of nitrogens with zero attached hydrogens (tertiary/aromatic N) is 4. The standard InChI is InChI=1S/C24H19F6N5O.H3O4P/c25-17-10-19(27)18(26)8-15(17)7-16(32)9-21(36)34-5-6-35-20(12-34)22(33-23(35)24(28,29)30)14-3-1-13(11-31)2-4-14;1-5(2,3)4/h1-4,8,10,16H,5-7,9,12,32H2;(H3,1,2,3,4)/t16-;/m1./s1. The van der Waals surface area contributed by atoms with Crippen molar-refractivity contribution in [3.05, 3.63) is 76.5 Å². The molecular weight excluding hydrogens is 583 g/mol. The van der Waals surface area contributed by atoms with E-state index in [4.69, 9.17) is 30.2 Å². The van der Waals surface area contributed by atoms with Crippen LogP contribution < -0.4 is 5.73 Å². The van der Waals surface area contributed by atoms with Gasteiger partial charge in [0.05, 0.1) is 29.6 Å². The Labute approximate surface area is 228 Å². The fraction of sp³-hybridized carbons (Fsp3) is 0.292. The van der Waals surface area contributed by atoms with Gasteiger partial charge in [-0.05, 0) is 30.2 Å². The first-order valence-corrected chi connectivity index (χ1v) is 13.2. The van der Waals surface area contributed by atoms with E-state index in [0.717, 1.165) is 4.57 Å². The number of imidazole rings is 1. The second-order valence-electron chi connectivity index (χ2n) is 8.92. The fourth-order valence-electron chi connectivity index (χ4n) is 4.16. The van der Waals surface area contributed by atoms with Crippen LogP contribution in [0.25, 0.3) is 11.3 Å². The van der Waals surface area contributed by atoms with Gasteiger partial charge in [-0.2, -0.15) is 18.4 Å². The molecule has 1 aliphatic heterocycles. The Morgan fingerprint density at radius 2 is 1.66 bits per heavy atom.